The van der Waals surface area contributed by atoms with Crippen LogP contribution in [0.25, 0.3) is 0 Å². The zero-order valence-electron chi connectivity index (χ0n) is 12.6. The normalized spacial score (nSPS) is 17.5. The van der Waals surface area contributed by atoms with Crippen molar-refractivity contribution in [3.05, 3.63) is 34.9 Å². The fraction of sp³-hybridized carbons (Fsp3) is 0.471. The van der Waals surface area contributed by atoms with Gasteiger partial charge in [-0.15, -0.1) is 0 Å². The fourth-order valence-corrected chi connectivity index (χ4v) is 2.49. The van der Waals surface area contributed by atoms with Crippen molar-refractivity contribution in [1.82, 2.24) is 4.90 Å². The predicted molar refractivity (Wildman–Crippen MR) is 81.1 cm³/mol. The van der Waals surface area contributed by atoms with Crippen LogP contribution in [0.1, 0.15) is 34.3 Å². The van der Waals surface area contributed by atoms with E-state index >= 15 is 0 Å². The van der Waals surface area contributed by atoms with Crippen LogP contribution in [0.3, 0.4) is 0 Å². The molecule has 1 amide bonds. The first kappa shape index (κ1) is 15.6. The zero-order chi connectivity index (χ0) is 15.2. The molecule has 1 aromatic carbocycles. The molecule has 0 radical (unpaired) electrons. The Morgan fingerprint density at radius 3 is 2.95 bits per heavy atom. The molecule has 1 fully saturated rings. The number of aliphatic hydroxyl groups is 1. The number of ether oxygens (including phenoxy) is 1. The van der Waals surface area contributed by atoms with E-state index in [4.69, 9.17) is 9.84 Å². The Hall–Kier alpha value is -1.83. The van der Waals surface area contributed by atoms with Crippen molar-refractivity contribution in [2.45, 2.75) is 25.9 Å². The molecule has 1 unspecified atom stereocenters. The largest absolute Gasteiger partial charge is 0.395 e. The minimum absolute atomic E-state index is 0.0310. The second-order valence-electron chi connectivity index (χ2n) is 5.26. The highest BCUT2D eigenvalue weighted by Crippen LogP contribution is 2.17. The Morgan fingerprint density at radius 1 is 1.48 bits per heavy atom. The van der Waals surface area contributed by atoms with Crippen LogP contribution in [-0.4, -0.2) is 48.8 Å². The molecule has 0 aromatic heterocycles. The SMILES string of the molecule is COC1CCN(C(=O)c2cc(C)cc(C#CCCO)c2)C1. The van der Waals surface area contributed by atoms with E-state index in [1.54, 1.807) is 7.11 Å². The lowest BCUT2D eigenvalue weighted by Gasteiger charge is -2.16. The Morgan fingerprint density at radius 2 is 2.29 bits per heavy atom. The first-order valence-corrected chi connectivity index (χ1v) is 7.17. The van der Waals surface area contributed by atoms with E-state index in [9.17, 15) is 4.79 Å². The third-order valence-corrected chi connectivity index (χ3v) is 3.56. The smallest absolute Gasteiger partial charge is 0.253 e. The highest BCUT2D eigenvalue weighted by molar-refractivity contribution is 5.95. The van der Waals surface area contributed by atoms with Crippen molar-refractivity contribution in [3.8, 4) is 11.8 Å². The standard InChI is InChI=1S/C17H21NO3/c1-13-9-14(5-3-4-8-19)11-15(10-13)17(20)18-7-6-16(12-18)21-2/h9-11,16,19H,4,6-8,12H2,1-2H3. The number of likely N-dealkylation sites (tertiary alicyclic amines) is 1. The van der Waals surface area contributed by atoms with Gasteiger partial charge in [-0.25, -0.2) is 0 Å². The van der Waals surface area contributed by atoms with Gasteiger partial charge in [0, 0.05) is 37.7 Å². The van der Waals surface area contributed by atoms with E-state index in [-0.39, 0.29) is 18.6 Å². The fourth-order valence-electron chi connectivity index (χ4n) is 2.49. The summed E-state index contributed by atoms with van der Waals surface area (Å²) in [5.74, 6) is 5.90. The van der Waals surface area contributed by atoms with E-state index in [0.29, 0.717) is 18.5 Å². The molecule has 1 N–H and O–H groups in total. The third-order valence-electron chi connectivity index (χ3n) is 3.56. The summed E-state index contributed by atoms with van der Waals surface area (Å²) in [4.78, 5) is 14.4. The number of hydrogen-bond donors (Lipinski definition) is 1. The van der Waals surface area contributed by atoms with Crippen molar-refractivity contribution < 1.29 is 14.6 Å². The first-order valence-electron chi connectivity index (χ1n) is 7.17. The van der Waals surface area contributed by atoms with Crippen LogP contribution in [0.2, 0.25) is 0 Å². The summed E-state index contributed by atoms with van der Waals surface area (Å²) in [7, 11) is 1.68. The number of rotatable bonds is 3. The van der Waals surface area contributed by atoms with Crippen molar-refractivity contribution in [1.29, 1.82) is 0 Å². The maximum Gasteiger partial charge on any atom is 0.253 e. The quantitative estimate of drug-likeness (QED) is 0.859. The molecule has 0 bridgehead atoms. The highest BCUT2D eigenvalue weighted by atomic mass is 16.5. The average Bonchev–Trinajstić information content (AvgIpc) is 2.95. The van der Waals surface area contributed by atoms with Gasteiger partial charge in [-0.2, -0.15) is 0 Å². The minimum atomic E-state index is 0.0310. The van der Waals surface area contributed by atoms with Crippen LogP contribution in [0, 0.1) is 18.8 Å². The lowest BCUT2D eigenvalue weighted by molar-refractivity contribution is 0.0724. The number of aryl methyl sites for hydroxylation is 1. The van der Waals surface area contributed by atoms with Crippen LogP contribution in [0.4, 0.5) is 0 Å². The molecule has 1 saturated heterocycles. The van der Waals surface area contributed by atoms with E-state index < -0.39 is 0 Å². The molecule has 0 aliphatic carbocycles. The summed E-state index contributed by atoms with van der Waals surface area (Å²) in [6.07, 6.45) is 1.47. The molecular formula is C17H21NO3. The Labute approximate surface area is 125 Å². The maximum atomic E-state index is 12.5. The lowest BCUT2D eigenvalue weighted by atomic mass is 10.1. The van der Waals surface area contributed by atoms with Crippen LogP contribution in [0.5, 0.6) is 0 Å². The van der Waals surface area contributed by atoms with Crippen LogP contribution >= 0.6 is 0 Å². The van der Waals surface area contributed by atoms with Gasteiger partial charge in [0.05, 0.1) is 12.7 Å². The molecule has 1 aromatic rings. The first-order chi connectivity index (χ1) is 10.1. The van der Waals surface area contributed by atoms with Gasteiger partial charge in [-0.3, -0.25) is 4.79 Å². The summed E-state index contributed by atoms with van der Waals surface area (Å²) in [6, 6.07) is 5.66. The van der Waals surface area contributed by atoms with Gasteiger partial charge < -0.3 is 14.7 Å². The number of carbonyl (C=O) groups excluding carboxylic acids is 1. The van der Waals surface area contributed by atoms with Crippen LogP contribution in [-0.2, 0) is 4.74 Å². The number of aliphatic hydroxyl groups excluding tert-OH is 1. The van der Waals surface area contributed by atoms with Gasteiger partial charge in [0.15, 0.2) is 0 Å². The van der Waals surface area contributed by atoms with Crippen molar-refractivity contribution in [3.63, 3.8) is 0 Å². The van der Waals surface area contributed by atoms with Gasteiger partial charge in [-0.05, 0) is 37.1 Å². The molecule has 112 valence electrons. The third kappa shape index (κ3) is 4.07. The lowest BCUT2D eigenvalue weighted by Crippen LogP contribution is -2.30. The second kappa shape index (κ2) is 7.26. The minimum Gasteiger partial charge on any atom is -0.395 e. The van der Waals surface area contributed by atoms with E-state index in [1.807, 2.05) is 30.0 Å². The van der Waals surface area contributed by atoms with Gasteiger partial charge in [0.2, 0.25) is 0 Å². The summed E-state index contributed by atoms with van der Waals surface area (Å²) in [5.41, 5.74) is 2.49. The number of nitrogens with zero attached hydrogens (tertiary/aromatic N) is 1. The van der Waals surface area contributed by atoms with Crippen LogP contribution < -0.4 is 0 Å². The molecule has 0 spiro atoms. The van der Waals surface area contributed by atoms with E-state index in [2.05, 4.69) is 11.8 Å². The Balaban J connectivity index is 2.16. The van der Waals surface area contributed by atoms with E-state index in [0.717, 1.165) is 24.1 Å². The average molecular weight is 287 g/mol. The Kier molecular flexibility index (Phi) is 5.38. The molecule has 2 rings (SSSR count). The van der Waals surface area contributed by atoms with Gasteiger partial charge in [-0.1, -0.05) is 11.8 Å². The number of methoxy groups -OCH3 is 1. The van der Waals surface area contributed by atoms with Crippen LogP contribution in [0.15, 0.2) is 18.2 Å². The molecule has 4 nitrogen and oxygen atoms in total. The molecule has 1 heterocycles. The molecular weight excluding hydrogens is 266 g/mol. The van der Waals surface area contributed by atoms with Crippen molar-refractivity contribution in [2.75, 3.05) is 26.8 Å². The summed E-state index contributed by atoms with van der Waals surface area (Å²) >= 11 is 0. The molecule has 0 saturated carbocycles. The highest BCUT2D eigenvalue weighted by Gasteiger charge is 2.26. The monoisotopic (exact) mass is 287 g/mol. The summed E-state index contributed by atoms with van der Waals surface area (Å²) in [6.45, 7) is 3.39. The van der Waals surface area contributed by atoms with Crippen molar-refractivity contribution >= 4 is 5.91 Å². The molecule has 21 heavy (non-hydrogen) atoms. The second-order valence-corrected chi connectivity index (χ2v) is 5.26. The van der Waals surface area contributed by atoms with Gasteiger partial charge in [0.25, 0.3) is 5.91 Å². The number of benzene rings is 1. The summed E-state index contributed by atoms with van der Waals surface area (Å²) < 4.78 is 5.30. The van der Waals surface area contributed by atoms with Gasteiger partial charge >= 0.3 is 0 Å². The van der Waals surface area contributed by atoms with Gasteiger partial charge in [0.1, 0.15) is 0 Å². The molecule has 1 aliphatic rings. The number of hydrogen-bond acceptors (Lipinski definition) is 3. The number of amides is 1. The topological polar surface area (TPSA) is 49.8 Å². The molecule has 1 aliphatic heterocycles. The Bertz CT molecular complexity index is 571. The summed E-state index contributed by atoms with van der Waals surface area (Å²) in [5, 5.41) is 8.76. The molecule has 1 atom stereocenters. The predicted octanol–water partition coefficient (Wildman–Crippen LogP) is 1.59. The zero-order valence-corrected chi connectivity index (χ0v) is 12.6. The van der Waals surface area contributed by atoms with Crippen molar-refractivity contribution in [2.24, 2.45) is 0 Å². The maximum absolute atomic E-state index is 12.5. The molecule has 4 heteroatoms. The van der Waals surface area contributed by atoms with E-state index in [1.165, 1.54) is 0 Å². The number of carbonyl (C=O) groups is 1.